The molecule has 2 aromatic rings. The molecule has 2 aromatic carbocycles. The van der Waals surface area contributed by atoms with Gasteiger partial charge in [0.05, 0.1) is 16.6 Å². The Hall–Kier alpha value is -2.15. The smallest absolute Gasteiger partial charge is 0.460 e. The molecule has 0 radical (unpaired) electrons. The zero-order chi connectivity index (χ0) is 25.9. The molecule has 190 valence electrons. The fraction of sp³-hybridized carbons (Fsp3) is 0.552. The summed E-state index contributed by atoms with van der Waals surface area (Å²) in [4.78, 5) is 13.6. The third-order valence-electron chi connectivity index (χ3n) is 7.67. The highest BCUT2D eigenvalue weighted by atomic mass is 16.7. The molecule has 1 saturated heterocycles. The molecule has 1 heterocycles. The summed E-state index contributed by atoms with van der Waals surface area (Å²) in [6.45, 7) is 14.5. The second-order valence-corrected chi connectivity index (χ2v) is 11.8. The Balaban J connectivity index is 1.86. The van der Waals surface area contributed by atoms with Gasteiger partial charge < -0.3 is 19.2 Å². The number of benzene rings is 2. The van der Waals surface area contributed by atoms with Crippen molar-refractivity contribution in [3.8, 4) is 0 Å². The topological polar surface area (TPSA) is 65.0 Å². The fourth-order valence-electron chi connectivity index (χ4n) is 4.25. The lowest BCUT2D eigenvalue weighted by Crippen LogP contribution is -2.41. The van der Waals surface area contributed by atoms with Gasteiger partial charge in [0.2, 0.25) is 0 Å². The average molecular weight is 480 g/mol. The van der Waals surface area contributed by atoms with E-state index in [2.05, 4.69) is 0 Å². The fourth-order valence-corrected chi connectivity index (χ4v) is 4.25. The molecule has 0 spiro atoms. The molecule has 0 aliphatic carbocycles. The number of ether oxygens (including phenoxy) is 1. The van der Waals surface area contributed by atoms with E-state index >= 15 is 0 Å². The zero-order valence-electron chi connectivity index (χ0n) is 22.4. The summed E-state index contributed by atoms with van der Waals surface area (Å²) < 4.78 is 18.4. The Bertz CT molecular complexity index is 985. The summed E-state index contributed by atoms with van der Waals surface area (Å²) in [5.74, 6) is -0.255. The quantitative estimate of drug-likeness (QED) is 0.375. The number of aliphatic hydroxyl groups is 1. The van der Waals surface area contributed by atoms with E-state index in [1.54, 1.807) is 0 Å². The van der Waals surface area contributed by atoms with Crippen LogP contribution in [0.15, 0.2) is 54.6 Å². The Morgan fingerprint density at radius 2 is 1.57 bits per heavy atom. The standard InChI is InChI=1S/C29H41BO5/c1-26(2,21-31)17-12-18-29(7,25(32)33-20-22-13-9-8-10-14-22)23-15-11-16-24(19-23)30-34-27(3,4)28(5,6)35-30/h8-11,13-16,19,31H,12,17-18,20-21H2,1-7H3. The maximum absolute atomic E-state index is 13.6. The highest BCUT2D eigenvalue weighted by Gasteiger charge is 2.52. The molecular formula is C29H41BO5. The minimum Gasteiger partial charge on any atom is -0.460 e. The Morgan fingerprint density at radius 1 is 0.943 bits per heavy atom. The van der Waals surface area contributed by atoms with Crippen LogP contribution in [0, 0.1) is 5.41 Å². The van der Waals surface area contributed by atoms with Crippen LogP contribution in [0.25, 0.3) is 0 Å². The van der Waals surface area contributed by atoms with Gasteiger partial charge in [-0.15, -0.1) is 0 Å². The summed E-state index contributed by atoms with van der Waals surface area (Å²) in [5, 5.41) is 9.68. The van der Waals surface area contributed by atoms with Gasteiger partial charge in [0.1, 0.15) is 6.61 Å². The first-order valence-electron chi connectivity index (χ1n) is 12.6. The molecule has 3 rings (SSSR count). The maximum atomic E-state index is 13.6. The predicted octanol–water partition coefficient (Wildman–Crippen LogP) is 5.18. The molecule has 1 fully saturated rings. The van der Waals surface area contributed by atoms with Crippen LogP contribution < -0.4 is 5.46 Å². The second kappa shape index (κ2) is 10.5. The van der Waals surface area contributed by atoms with Gasteiger partial charge >= 0.3 is 13.1 Å². The second-order valence-electron chi connectivity index (χ2n) is 11.8. The lowest BCUT2D eigenvalue weighted by Gasteiger charge is -2.32. The maximum Gasteiger partial charge on any atom is 0.494 e. The summed E-state index contributed by atoms with van der Waals surface area (Å²) in [7, 11) is -0.502. The molecule has 6 heteroatoms. The normalized spacial score (nSPS) is 18.8. The van der Waals surface area contributed by atoms with Crippen LogP contribution in [0.1, 0.15) is 78.9 Å². The first kappa shape index (κ1) is 27.4. The molecule has 5 nitrogen and oxygen atoms in total. The van der Waals surface area contributed by atoms with E-state index in [1.165, 1.54) is 0 Å². The SMILES string of the molecule is CC(C)(CO)CCCC(C)(C(=O)OCc1ccccc1)c1cccc(B2OC(C)(C)C(C)(C)O2)c1. The average Bonchev–Trinajstić information content (AvgIpc) is 3.04. The molecule has 1 aliphatic heterocycles. The minimum atomic E-state index is -0.847. The third kappa shape index (κ3) is 6.35. The molecule has 1 N–H and O–H groups in total. The monoisotopic (exact) mass is 480 g/mol. The number of carbonyl (C=O) groups excluding carboxylic acids is 1. The molecule has 35 heavy (non-hydrogen) atoms. The van der Waals surface area contributed by atoms with Gasteiger partial charge in [0.15, 0.2) is 0 Å². The number of rotatable bonds is 10. The van der Waals surface area contributed by atoms with Gasteiger partial charge in [-0.05, 0) is 69.5 Å². The number of hydrogen-bond donors (Lipinski definition) is 1. The Labute approximate surface area is 211 Å². The van der Waals surface area contributed by atoms with Crippen molar-refractivity contribution in [3.05, 3.63) is 65.7 Å². The van der Waals surface area contributed by atoms with Gasteiger partial charge in [-0.3, -0.25) is 4.79 Å². The number of aliphatic hydroxyl groups excluding tert-OH is 1. The number of esters is 1. The van der Waals surface area contributed by atoms with Crippen LogP contribution in [0.4, 0.5) is 0 Å². The largest absolute Gasteiger partial charge is 0.494 e. The van der Waals surface area contributed by atoms with Crippen LogP contribution in [-0.4, -0.2) is 36.0 Å². The Morgan fingerprint density at radius 3 is 2.17 bits per heavy atom. The van der Waals surface area contributed by atoms with Crippen molar-refractivity contribution in [2.24, 2.45) is 5.41 Å². The lowest BCUT2D eigenvalue weighted by molar-refractivity contribution is -0.151. The van der Waals surface area contributed by atoms with Crippen molar-refractivity contribution < 1.29 is 23.9 Å². The lowest BCUT2D eigenvalue weighted by atomic mass is 9.72. The van der Waals surface area contributed by atoms with Gasteiger partial charge in [-0.25, -0.2) is 0 Å². The van der Waals surface area contributed by atoms with E-state index < -0.39 is 23.7 Å². The molecule has 0 amide bonds. The van der Waals surface area contributed by atoms with Crippen LogP contribution in [-0.2, 0) is 30.9 Å². The zero-order valence-corrected chi connectivity index (χ0v) is 22.4. The van der Waals surface area contributed by atoms with Crippen LogP contribution >= 0.6 is 0 Å². The summed E-state index contributed by atoms with van der Waals surface area (Å²) >= 11 is 0. The van der Waals surface area contributed by atoms with E-state index in [9.17, 15) is 9.90 Å². The van der Waals surface area contributed by atoms with Crippen LogP contribution in [0.2, 0.25) is 0 Å². The van der Waals surface area contributed by atoms with Gasteiger partial charge in [0.25, 0.3) is 0 Å². The minimum absolute atomic E-state index is 0.111. The predicted molar refractivity (Wildman–Crippen MR) is 140 cm³/mol. The highest BCUT2D eigenvalue weighted by molar-refractivity contribution is 6.62. The van der Waals surface area contributed by atoms with E-state index in [1.807, 2.05) is 103 Å². The van der Waals surface area contributed by atoms with E-state index in [0.29, 0.717) is 6.42 Å². The van der Waals surface area contributed by atoms with E-state index in [4.69, 9.17) is 14.0 Å². The number of carbonyl (C=O) groups is 1. The molecule has 1 unspecified atom stereocenters. The molecule has 1 atom stereocenters. The highest BCUT2D eigenvalue weighted by Crippen LogP contribution is 2.38. The van der Waals surface area contributed by atoms with Crippen molar-refractivity contribution >= 4 is 18.6 Å². The van der Waals surface area contributed by atoms with Crippen molar-refractivity contribution in [1.29, 1.82) is 0 Å². The van der Waals surface area contributed by atoms with Crippen molar-refractivity contribution in [2.75, 3.05) is 6.61 Å². The van der Waals surface area contributed by atoms with Gasteiger partial charge in [-0.2, -0.15) is 0 Å². The number of hydrogen-bond acceptors (Lipinski definition) is 5. The van der Waals surface area contributed by atoms with E-state index in [-0.39, 0.29) is 24.6 Å². The first-order chi connectivity index (χ1) is 16.3. The summed E-state index contributed by atoms with van der Waals surface area (Å²) in [6.07, 6.45) is 2.20. The molecule has 1 aliphatic rings. The van der Waals surface area contributed by atoms with Gasteiger partial charge in [-0.1, -0.05) is 74.9 Å². The summed E-state index contributed by atoms with van der Waals surface area (Å²) in [5.41, 5.74) is 0.793. The summed E-state index contributed by atoms with van der Waals surface area (Å²) in [6, 6.07) is 17.7. The van der Waals surface area contributed by atoms with Crippen molar-refractivity contribution in [3.63, 3.8) is 0 Å². The van der Waals surface area contributed by atoms with Crippen molar-refractivity contribution in [1.82, 2.24) is 0 Å². The molecule has 0 saturated carbocycles. The van der Waals surface area contributed by atoms with Crippen LogP contribution in [0.5, 0.6) is 0 Å². The molecule has 0 bridgehead atoms. The van der Waals surface area contributed by atoms with Gasteiger partial charge in [0, 0.05) is 6.61 Å². The van der Waals surface area contributed by atoms with Crippen molar-refractivity contribution in [2.45, 2.75) is 91.0 Å². The third-order valence-corrected chi connectivity index (χ3v) is 7.67. The molecular weight excluding hydrogens is 439 g/mol. The Kier molecular flexibility index (Phi) is 8.20. The first-order valence-corrected chi connectivity index (χ1v) is 12.6. The van der Waals surface area contributed by atoms with Crippen LogP contribution in [0.3, 0.4) is 0 Å². The molecule has 0 aromatic heterocycles. The van der Waals surface area contributed by atoms with E-state index in [0.717, 1.165) is 29.4 Å².